The third-order valence-electron chi connectivity index (χ3n) is 5.52. The first kappa shape index (κ1) is 28.6. The number of nitrogens with one attached hydrogen (secondary N) is 2. The molecule has 0 bridgehead atoms. The fraction of sp³-hybridized carbons (Fsp3) is 0.304. The lowest BCUT2D eigenvalue weighted by Crippen LogP contribution is -2.63. The van der Waals surface area contributed by atoms with E-state index in [0.717, 1.165) is 10.7 Å². The van der Waals surface area contributed by atoms with Crippen molar-refractivity contribution in [1.82, 2.24) is 20.1 Å². The number of carbonyl (C=O) groups excluding carboxylic acids is 2. The molecule has 0 atom stereocenters. The maximum atomic E-state index is 13.4. The number of benzene rings is 1. The number of carbonyl (C=O) groups is 2. The molecule has 2 N–H and O–H groups in total. The highest BCUT2D eigenvalue weighted by Crippen LogP contribution is 2.30. The number of ether oxygens (including phenoxy) is 1. The highest BCUT2D eigenvalue weighted by molar-refractivity contribution is 7.93. The number of pyridine rings is 1. The van der Waals surface area contributed by atoms with Crippen LogP contribution in [0.2, 0.25) is 10.0 Å². The van der Waals surface area contributed by atoms with Crippen LogP contribution >= 0.6 is 23.2 Å². The van der Waals surface area contributed by atoms with E-state index in [1.165, 1.54) is 30.5 Å². The molecule has 0 radical (unpaired) electrons. The standard InChI is InChI=1S/C23H20Cl2F3N5O5S/c1-12-6-13(24)7-14(20(34)31-22(2)10-39(36,37)11-22)18(12)30-21(35)16-8-17(38-9-23(26,27)28)32-33(16)19-15(25)4-3-5-29-19/h3-8H,9-11H2,1-2H3,(H,30,35)(H,31,34). The zero-order valence-electron chi connectivity index (χ0n) is 20.3. The topological polar surface area (TPSA) is 132 Å². The van der Waals surface area contributed by atoms with Crippen LogP contribution in [0.25, 0.3) is 5.82 Å². The van der Waals surface area contributed by atoms with E-state index in [2.05, 4.69) is 20.7 Å². The van der Waals surface area contributed by atoms with E-state index < -0.39 is 45.9 Å². The van der Waals surface area contributed by atoms with E-state index in [9.17, 15) is 31.2 Å². The summed E-state index contributed by atoms with van der Waals surface area (Å²) in [5.74, 6) is -2.66. The van der Waals surface area contributed by atoms with Crippen LogP contribution in [-0.2, 0) is 9.84 Å². The molecule has 10 nitrogen and oxygen atoms in total. The van der Waals surface area contributed by atoms with E-state index in [-0.39, 0.29) is 44.3 Å². The van der Waals surface area contributed by atoms with Crippen molar-refractivity contribution < 1.29 is 35.9 Å². The molecule has 1 aliphatic heterocycles. The van der Waals surface area contributed by atoms with Crippen molar-refractivity contribution in [3.63, 3.8) is 0 Å². The van der Waals surface area contributed by atoms with Crippen molar-refractivity contribution in [3.8, 4) is 11.7 Å². The predicted molar refractivity (Wildman–Crippen MR) is 137 cm³/mol. The average Bonchev–Trinajstić information content (AvgIpc) is 3.21. The summed E-state index contributed by atoms with van der Waals surface area (Å²) >= 11 is 12.3. The van der Waals surface area contributed by atoms with Crippen molar-refractivity contribution in [2.75, 3.05) is 23.4 Å². The Bertz CT molecular complexity index is 1560. The summed E-state index contributed by atoms with van der Waals surface area (Å²) in [4.78, 5) is 30.6. The highest BCUT2D eigenvalue weighted by Gasteiger charge is 2.46. The molecule has 2 amide bonds. The smallest absolute Gasteiger partial charge is 0.422 e. The number of aryl methyl sites for hydroxylation is 1. The molecule has 1 aromatic carbocycles. The number of hydrogen-bond donors (Lipinski definition) is 2. The molecule has 1 fully saturated rings. The van der Waals surface area contributed by atoms with E-state index in [1.54, 1.807) is 13.8 Å². The zero-order valence-corrected chi connectivity index (χ0v) is 22.6. The minimum absolute atomic E-state index is 0.0327. The second-order valence-electron chi connectivity index (χ2n) is 9.14. The summed E-state index contributed by atoms with van der Waals surface area (Å²) in [7, 11) is -3.26. The first-order valence-electron chi connectivity index (χ1n) is 11.1. The van der Waals surface area contributed by atoms with Crippen molar-refractivity contribution in [3.05, 3.63) is 63.4 Å². The van der Waals surface area contributed by atoms with Crippen LogP contribution in [0.3, 0.4) is 0 Å². The van der Waals surface area contributed by atoms with Crippen molar-refractivity contribution >= 4 is 50.5 Å². The lowest BCUT2D eigenvalue weighted by molar-refractivity contribution is -0.154. The molecule has 1 saturated heterocycles. The fourth-order valence-corrected chi connectivity index (χ4v) is 6.53. The molecule has 2 aromatic heterocycles. The number of anilines is 1. The number of halogens is 5. The van der Waals surface area contributed by atoms with Gasteiger partial charge in [-0.15, -0.1) is 5.10 Å². The van der Waals surface area contributed by atoms with Gasteiger partial charge >= 0.3 is 6.18 Å². The average molecular weight is 606 g/mol. The minimum atomic E-state index is -4.66. The number of hydrogen-bond acceptors (Lipinski definition) is 7. The largest absolute Gasteiger partial charge is 0.467 e. The Kier molecular flexibility index (Phi) is 7.58. The second-order valence-corrected chi connectivity index (χ2v) is 12.0. The van der Waals surface area contributed by atoms with E-state index in [0.29, 0.717) is 5.56 Å². The monoisotopic (exact) mass is 605 g/mol. The molecule has 0 aliphatic carbocycles. The van der Waals surface area contributed by atoms with Gasteiger partial charge in [-0.1, -0.05) is 23.2 Å². The highest BCUT2D eigenvalue weighted by atomic mass is 35.5. The lowest BCUT2D eigenvalue weighted by atomic mass is 10.0. The zero-order chi connectivity index (χ0) is 28.8. The molecular weight excluding hydrogens is 586 g/mol. The maximum Gasteiger partial charge on any atom is 0.422 e. The molecule has 0 spiro atoms. The molecular formula is C23H20Cl2F3N5O5S. The van der Waals surface area contributed by atoms with Gasteiger partial charge in [-0.25, -0.2) is 18.1 Å². The van der Waals surface area contributed by atoms with Crippen LogP contribution in [0.1, 0.15) is 33.3 Å². The predicted octanol–water partition coefficient (Wildman–Crippen LogP) is 3.99. The number of rotatable bonds is 7. The van der Waals surface area contributed by atoms with Gasteiger partial charge in [-0.05, 0) is 43.7 Å². The van der Waals surface area contributed by atoms with Crippen molar-refractivity contribution in [2.45, 2.75) is 25.6 Å². The van der Waals surface area contributed by atoms with E-state index in [1.807, 2.05) is 0 Å². The van der Waals surface area contributed by atoms with Crippen LogP contribution < -0.4 is 15.4 Å². The summed E-state index contributed by atoms with van der Waals surface area (Å²) in [6, 6.07) is 6.69. The molecule has 4 rings (SSSR count). The van der Waals surface area contributed by atoms with Gasteiger partial charge in [0.2, 0.25) is 5.88 Å². The third-order valence-corrected chi connectivity index (χ3v) is 8.19. The SMILES string of the molecule is Cc1cc(Cl)cc(C(=O)NC2(C)CS(=O)(=O)C2)c1NC(=O)c1cc(OCC(F)(F)F)nn1-c1ncccc1Cl. The first-order chi connectivity index (χ1) is 18.1. The van der Waals surface area contributed by atoms with Gasteiger partial charge in [0.15, 0.2) is 22.3 Å². The molecule has 0 unspecified atom stereocenters. The number of alkyl halides is 3. The number of sulfone groups is 1. The van der Waals surface area contributed by atoms with Crippen molar-refractivity contribution in [2.24, 2.45) is 0 Å². The fourth-order valence-electron chi connectivity index (χ4n) is 4.05. The van der Waals surface area contributed by atoms with Crippen LogP contribution in [0, 0.1) is 6.92 Å². The summed E-state index contributed by atoms with van der Waals surface area (Å²) in [5.41, 5.74) is -0.958. The third kappa shape index (κ3) is 6.62. The quantitative estimate of drug-likeness (QED) is 0.416. The first-order valence-corrected chi connectivity index (χ1v) is 13.7. The van der Waals surface area contributed by atoms with E-state index >= 15 is 0 Å². The molecule has 1 aliphatic rings. The number of amides is 2. The Hall–Kier alpha value is -3.36. The Labute approximate surface area is 230 Å². The molecule has 39 heavy (non-hydrogen) atoms. The van der Waals surface area contributed by atoms with Gasteiger partial charge in [0, 0.05) is 17.3 Å². The number of aromatic nitrogens is 3. The van der Waals surface area contributed by atoms with Gasteiger partial charge in [-0.2, -0.15) is 13.2 Å². The number of nitrogens with zero attached hydrogens (tertiary/aromatic N) is 3. The summed E-state index contributed by atoms with van der Waals surface area (Å²) in [6.45, 7) is 1.48. The molecule has 16 heteroatoms. The molecule has 3 heterocycles. The van der Waals surface area contributed by atoms with E-state index in [4.69, 9.17) is 27.9 Å². The normalized spacial score (nSPS) is 15.8. The summed E-state index contributed by atoms with van der Waals surface area (Å²) in [5, 5.41) is 9.36. The van der Waals surface area contributed by atoms with Gasteiger partial charge in [0.25, 0.3) is 11.8 Å². The van der Waals surface area contributed by atoms with Crippen LogP contribution in [0.15, 0.2) is 36.5 Å². The van der Waals surface area contributed by atoms with Gasteiger partial charge in [-0.3, -0.25) is 9.59 Å². The van der Waals surface area contributed by atoms with Crippen LogP contribution in [0.4, 0.5) is 18.9 Å². The van der Waals surface area contributed by atoms with Gasteiger partial charge < -0.3 is 15.4 Å². The van der Waals surface area contributed by atoms with Crippen molar-refractivity contribution in [1.29, 1.82) is 0 Å². The summed E-state index contributed by atoms with van der Waals surface area (Å²) in [6.07, 6.45) is -3.32. The minimum Gasteiger partial charge on any atom is -0.467 e. The Morgan fingerprint density at radius 3 is 2.49 bits per heavy atom. The Morgan fingerprint density at radius 2 is 1.87 bits per heavy atom. The van der Waals surface area contributed by atoms with Crippen LogP contribution in [0.5, 0.6) is 5.88 Å². The molecule has 0 saturated carbocycles. The lowest BCUT2D eigenvalue weighted by Gasteiger charge is -2.38. The molecule has 208 valence electrons. The second kappa shape index (κ2) is 10.3. The Balaban J connectivity index is 1.69. The van der Waals surface area contributed by atoms with Gasteiger partial charge in [0.05, 0.1) is 33.3 Å². The summed E-state index contributed by atoms with van der Waals surface area (Å²) < 4.78 is 67.1. The molecule has 3 aromatic rings. The maximum absolute atomic E-state index is 13.4. The van der Waals surface area contributed by atoms with Crippen LogP contribution in [-0.4, -0.2) is 64.8 Å². The van der Waals surface area contributed by atoms with Gasteiger partial charge in [0.1, 0.15) is 5.69 Å². The Morgan fingerprint density at radius 1 is 1.18 bits per heavy atom.